The number of rotatable bonds is 4. The lowest BCUT2D eigenvalue weighted by Crippen LogP contribution is -2.06. The van der Waals surface area contributed by atoms with Gasteiger partial charge in [-0.2, -0.15) is 25.8 Å². The van der Waals surface area contributed by atoms with Gasteiger partial charge in [0.15, 0.2) is 0 Å². The van der Waals surface area contributed by atoms with Crippen LogP contribution < -0.4 is 0 Å². The first-order valence-electron chi connectivity index (χ1n) is 6.38. The van der Waals surface area contributed by atoms with Gasteiger partial charge in [0.25, 0.3) is 5.69 Å². The molecule has 7 heteroatoms. The molecule has 0 aromatic heterocycles. The highest BCUT2D eigenvalue weighted by atomic mass is 32.1. The molecule has 0 saturated carbocycles. The van der Waals surface area contributed by atoms with Crippen LogP contribution >= 0.6 is 12.6 Å². The fourth-order valence-electron chi connectivity index (χ4n) is 2.12. The highest BCUT2D eigenvalue weighted by molar-refractivity contribution is 7.80. The molecular formula is C15H12F3NO2S. The van der Waals surface area contributed by atoms with E-state index >= 15 is 0 Å². The molecule has 0 aliphatic rings. The van der Waals surface area contributed by atoms with E-state index in [0.29, 0.717) is 23.3 Å². The van der Waals surface area contributed by atoms with Gasteiger partial charge in [0.2, 0.25) is 0 Å². The summed E-state index contributed by atoms with van der Waals surface area (Å²) in [6.45, 7) is 0. The highest BCUT2D eigenvalue weighted by Crippen LogP contribution is 2.34. The van der Waals surface area contributed by atoms with Gasteiger partial charge in [-0.15, -0.1) is 0 Å². The van der Waals surface area contributed by atoms with Crippen LogP contribution in [0.3, 0.4) is 0 Å². The summed E-state index contributed by atoms with van der Waals surface area (Å²) in [6, 6.07) is 8.99. The Bertz CT molecular complexity index is 684. The van der Waals surface area contributed by atoms with Gasteiger partial charge in [-0.3, -0.25) is 10.1 Å². The summed E-state index contributed by atoms with van der Waals surface area (Å²) in [6.07, 6.45) is -3.93. The Morgan fingerprint density at radius 1 is 1.09 bits per heavy atom. The van der Waals surface area contributed by atoms with E-state index in [4.69, 9.17) is 0 Å². The summed E-state index contributed by atoms with van der Waals surface area (Å²) in [5.74, 6) is 0.491. The molecule has 0 spiro atoms. The van der Waals surface area contributed by atoms with Crippen LogP contribution in [0.2, 0.25) is 0 Å². The number of alkyl halides is 3. The molecule has 0 N–H and O–H groups in total. The normalized spacial score (nSPS) is 11.5. The summed E-state index contributed by atoms with van der Waals surface area (Å²) in [5.41, 5.74) is 0.791. The van der Waals surface area contributed by atoms with Crippen LogP contribution in [-0.4, -0.2) is 10.7 Å². The number of non-ortho nitro benzene ring substituents is 1. The first-order valence-corrected chi connectivity index (χ1v) is 7.02. The molecule has 0 amide bonds. The molecule has 0 fully saturated rings. The van der Waals surface area contributed by atoms with Crippen molar-refractivity contribution >= 4 is 18.3 Å². The average Bonchev–Trinajstić information content (AvgIpc) is 2.47. The van der Waals surface area contributed by atoms with Gasteiger partial charge in [0.05, 0.1) is 10.5 Å². The zero-order valence-electron chi connectivity index (χ0n) is 11.3. The molecule has 0 atom stereocenters. The second-order valence-electron chi connectivity index (χ2n) is 4.65. The van der Waals surface area contributed by atoms with Crippen LogP contribution in [0.15, 0.2) is 42.5 Å². The van der Waals surface area contributed by atoms with Crippen LogP contribution in [0.25, 0.3) is 11.1 Å². The Kier molecular flexibility index (Phi) is 4.75. The van der Waals surface area contributed by atoms with Crippen molar-refractivity contribution in [2.75, 3.05) is 5.75 Å². The Labute approximate surface area is 130 Å². The van der Waals surface area contributed by atoms with Crippen LogP contribution in [-0.2, 0) is 12.6 Å². The van der Waals surface area contributed by atoms with Gasteiger partial charge >= 0.3 is 6.18 Å². The van der Waals surface area contributed by atoms with Crippen LogP contribution in [0.5, 0.6) is 0 Å². The maximum atomic E-state index is 12.9. The number of nitro benzene ring substituents is 1. The molecule has 22 heavy (non-hydrogen) atoms. The van der Waals surface area contributed by atoms with Crippen molar-refractivity contribution in [3.05, 3.63) is 63.7 Å². The molecular weight excluding hydrogens is 315 g/mol. The van der Waals surface area contributed by atoms with Crippen LogP contribution in [0, 0.1) is 10.1 Å². The molecule has 3 nitrogen and oxygen atoms in total. The van der Waals surface area contributed by atoms with Crippen molar-refractivity contribution in [3.8, 4) is 11.1 Å². The maximum Gasteiger partial charge on any atom is 0.416 e. The van der Waals surface area contributed by atoms with Crippen molar-refractivity contribution in [3.63, 3.8) is 0 Å². The Morgan fingerprint density at radius 3 is 2.23 bits per heavy atom. The third-order valence-corrected chi connectivity index (χ3v) is 3.43. The molecule has 2 aromatic carbocycles. The number of thiol groups is 1. The van der Waals surface area contributed by atoms with Crippen LogP contribution in [0.1, 0.15) is 11.1 Å². The number of hydrogen-bond acceptors (Lipinski definition) is 3. The standard InChI is InChI=1S/C15H12F3NO2S/c16-15(17,18)12-4-1-11(7-8-22)14(9-12)10-2-5-13(6-3-10)19(20)21/h1-6,9,22H,7-8H2. The van der Waals surface area contributed by atoms with Gasteiger partial charge in [0.1, 0.15) is 0 Å². The van der Waals surface area contributed by atoms with E-state index in [2.05, 4.69) is 12.6 Å². The average molecular weight is 327 g/mol. The molecule has 0 aliphatic heterocycles. The minimum Gasteiger partial charge on any atom is -0.258 e. The monoisotopic (exact) mass is 327 g/mol. The van der Waals surface area contributed by atoms with E-state index in [-0.39, 0.29) is 5.69 Å². The number of aryl methyl sites for hydroxylation is 1. The van der Waals surface area contributed by atoms with E-state index in [9.17, 15) is 23.3 Å². The SMILES string of the molecule is O=[N+]([O-])c1ccc(-c2cc(C(F)(F)F)ccc2CCS)cc1. The number of nitrogens with zero attached hydrogens (tertiary/aromatic N) is 1. The minimum atomic E-state index is -4.44. The van der Waals surface area contributed by atoms with Gasteiger partial charge in [-0.1, -0.05) is 6.07 Å². The third-order valence-electron chi connectivity index (χ3n) is 3.21. The molecule has 0 heterocycles. The van der Waals surface area contributed by atoms with E-state index in [1.54, 1.807) is 0 Å². The lowest BCUT2D eigenvalue weighted by Gasteiger charge is -2.13. The highest BCUT2D eigenvalue weighted by Gasteiger charge is 2.31. The summed E-state index contributed by atoms with van der Waals surface area (Å²) < 4.78 is 38.6. The first-order chi connectivity index (χ1) is 10.3. The van der Waals surface area contributed by atoms with Gasteiger partial charge in [-0.05, 0) is 53.1 Å². The molecule has 0 radical (unpaired) electrons. The number of benzene rings is 2. The summed E-state index contributed by atoms with van der Waals surface area (Å²) in [5, 5.41) is 10.7. The van der Waals surface area contributed by atoms with Crippen molar-refractivity contribution in [2.45, 2.75) is 12.6 Å². The first kappa shape index (κ1) is 16.4. The predicted molar refractivity (Wildman–Crippen MR) is 81.1 cm³/mol. The Balaban J connectivity index is 2.52. The lowest BCUT2D eigenvalue weighted by molar-refractivity contribution is -0.384. The number of nitro groups is 1. The summed E-state index contributed by atoms with van der Waals surface area (Å²) in [4.78, 5) is 10.1. The third kappa shape index (κ3) is 3.59. The van der Waals surface area contributed by atoms with Gasteiger partial charge < -0.3 is 0 Å². The topological polar surface area (TPSA) is 43.1 Å². The number of halogens is 3. The zero-order chi connectivity index (χ0) is 16.3. The molecule has 0 saturated heterocycles. The van der Waals surface area contributed by atoms with Gasteiger partial charge in [0, 0.05) is 12.1 Å². The van der Waals surface area contributed by atoms with E-state index in [1.165, 1.54) is 30.3 Å². The fraction of sp³-hybridized carbons (Fsp3) is 0.200. The lowest BCUT2D eigenvalue weighted by atomic mass is 9.95. The fourth-order valence-corrected chi connectivity index (χ4v) is 2.36. The Morgan fingerprint density at radius 2 is 1.73 bits per heavy atom. The van der Waals surface area contributed by atoms with Crippen molar-refractivity contribution < 1.29 is 18.1 Å². The van der Waals surface area contributed by atoms with Crippen molar-refractivity contribution in [2.24, 2.45) is 0 Å². The van der Waals surface area contributed by atoms with Crippen LogP contribution in [0.4, 0.5) is 18.9 Å². The van der Waals surface area contributed by atoms with E-state index in [1.807, 2.05) is 0 Å². The Hall–Kier alpha value is -2.02. The van der Waals surface area contributed by atoms with Crippen molar-refractivity contribution in [1.29, 1.82) is 0 Å². The molecule has 116 valence electrons. The molecule has 0 unspecified atom stereocenters. The zero-order valence-corrected chi connectivity index (χ0v) is 12.2. The summed E-state index contributed by atoms with van der Waals surface area (Å²) in [7, 11) is 0. The molecule has 2 aromatic rings. The predicted octanol–water partition coefficient (Wildman–Crippen LogP) is 4.75. The smallest absolute Gasteiger partial charge is 0.258 e. The number of hydrogen-bond donors (Lipinski definition) is 1. The van der Waals surface area contributed by atoms with Crippen molar-refractivity contribution in [1.82, 2.24) is 0 Å². The second-order valence-corrected chi connectivity index (χ2v) is 5.09. The van der Waals surface area contributed by atoms with E-state index in [0.717, 1.165) is 17.7 Å². The van der Waals surface area contributed by atoms with E-state index < -0.39 is 16.7 Å². The second kappa shape index (κ2) is 6.39. The molecule has 0 aliphatic carbocycles. The summed E-state index contributed by atoms with van der Waals surface area (Å²) >= 11 is 4.11. The van der Waals surface area contributed by atoms with Gasteiger partial charge in [-0.25, -0.2) is 0 Å². The largest absolute Gasteiger partial charge is 0.416 e. The molecule has 0 bridgehead atoms. The minimum absolute atomic E-state index is 0.105. The quantitative estimate of drug-likeness (QED) is 0.500. The molecule has 2 rings (SSSR count). The maximum absolute atomic E-state index is 12.9.